The highest BCUT2D eigenvalue weighted by atomic mass is 32.2. The molecule has 0 aromatic heterocycles. The minimum atomic E-state index is -0.974. The maximum atomic E-state index is 10.5. The van der Waals surface area contributed by atoms with Crippen LogP contribution < -0.4 is 10.5 Å². The third kappa shape index (κ3) is 3.43. The number of rotatable bonds is 5. The molecule has 1 aromatic carbocycles. The van der Waals surface area contributed by atoms with Crippen LogP contribution in [0.25, 0.3) is 0 Å². The molecule has 0 radical (unpaired) electrons. The van der Waals surface area contributed by atoms with E-state index in [1.807, 2.05) is 25.1 Å². The fourth-order valence-electron chi connectivity index (χ4n) is 1.20. The Kier molecular flexibility index (Phi) is 4.64. The number of methoxy groups -OCH3 is 1. The van der Waals surface area contributed by atoms with Crippen LogP contribution in [-0.4, -0.2) is 30.0 Å². The molecule has 0 amide bonds. The van der Waals surface area contributed by atoms with Crippen molar-refractivity contribution in [1.82, 2.24) is 0 Å². The van der Waals surface area contributed by atoms with E-state index < -0.39 is 12.0 Å². The molecule has 4 nitrogen and oxygen atoms in total. The summed E-state index contributed by atoms with van der Waals surface area (Å²) >= 11 is 1.43. The summed E-state index contributed by atoms with van der Waals surface area (Å²) in [7, 11) is 1.62. The highest BCUT2D eigenvalue weighted by Gasteiger charge is 2.11. The van der Waals surface area contributed by atoms with Crippen molar-refractivity contribution in [2.45, 2.75) is 17.9 Å². The maximum Gasteiger partial charge on any atom is 0.321 e. The number of hydrogen-bond acceptors (Lipinski definition) is 4. The van der Waals surface area contributed by atoms with Gasteiger partial charge in [0, 0.05) is 10.6 Å². The Balaban J connectivity index is 2.62. The Morgan fingerprint density at radius 2 is 2.31 bits per heavy atom. The predicted molar refractivity (Wildman–Crippen MR) is 64.1 cm³/mol. The average Bonchev–Trinajstić information content (AvgIpc) is 2.25. The standard InChI is InChI=1S/C11H15NO3S/c1-7-5-8(3-4-10(7)15-2)16-6-9(12)11(13)14/h3-5,9H,6,12H2,1-2H3,(H,13,14). The Hall–Kier alpha value is -1.20. The quantitative estimate of drug-likeness (QED) is 0.764. The molecule has 5 heteroatoms. The van der Waals surface area contributed by atoms with Gasteiger partial charge in [0.15, 0.2) is 0 Å². The molecule has 0 aliphatic rings. The van der Waals surface area contributed by atoms with E-state index >= 15 is 0 Å². The molecule has 1 atom stereocenters. The number of aryl methyl sites for hydroxylation is 1. The maximum absolute atomic E-state index is 10.5. The molecular formula is C11H15NO3S. The second kappa shape index (κ2) is 5.77. The van der Waals surface area contributed by atoms with Crippen LogP contribution in [0.4, 0.5) is 0 Å². The lowest BCUT2D eigenvalue weighted by molar-refractivity contribution is -0.137. The fraction of sp³-hybridized carbons (Fsp3) is 0.364. The third-order valence-corrected chi connectivity index (χ3v) is 3.23. The highest BCUT2D eigenvalue weighted by molar-refractivity contribution is 7.99. The average molecular weight is 241 g/mol. The molecule has 1 aromatic rings. The minimum Gasteiger partial charge on any atom is -0.496 e. The van der Waals surface area contributed by atoms with Gasteiger partial charge in [0.2, 0.25) is 0 Å². The third-order valence-electron chi connectivity index (χ3n) is 2.11. The lowest BCUT2D eigenvalue weighted by Crippen LogP contribution is -2.32. The second-order valence-corrected chi connectivity index (χ2v) is 4.48. The zero-order chi connectivity index (χ0) is 12.1. The zero-order valence-corrected chi connectivity index (χ0v) is 10.1. The van der Waals surface area contributed by atoms with Crippen molar-refractivity contribution in [3.8, 4) is 5.75 Å². The summed E-state index contributed by atoms with van der Waals surface area (Å²) in [4.78, 5) is 11.5. The van der Waals surface area contributed by atoms with Crippen molar-refractivity contribution in [3.05, 3.63) is 23.8 Å². The zero-order valence-electron chi connectivity index (χ0n) is 9.27. The van der Waals surface area contributed by atoms with Crippen molar-refractivity contribution in [1.29, 1.82) is 0 Å². The van der Waals surface area contributed by atoms with Gasteiger partial charge in [-0.2, -0.15) is 0 Å². The summed E-state index contributed by atoms with van der Waals surface area (Å²) in [5.74, 6) is 0.214. The molecule has 16 heavy (non-hydrogen) atoms. The van der Waals surface area contributed by atoms with Crippen LogP contribution in [0.3, 0.4) is 0 Å². The first kappa shape index (κ1) is 12.9. The van der Waals surface area contributed by atoms with E-state index in [1.54, 1.807) is 7.11 Å². The molecule has 0 saturated carbocycles. The Bertz CT molecular complexity index is 381. The first-order valence-corrected chi connectivity index (χ1v) is 5.79. The van der Waals surface area contributed by atoms with Crippen molar-refractivity contribution in [2.24, 2.45) is 5.73 Å². The normalized spacial score (nSPS) is 12.2. The Labute approximate surface area is 98.8 Å². The molecule has 0 aliphatic carbocycles. The molecule has 0 heterocycles. The van der Waals surface area contributed by atoms with E-state index in [9.17, 15) is 4.79 Å². The van der Waals surface area contributed by atoms with Crippen molar-refractivity contribution in [2.75, 3.05) is 12.9 Å². The topological polar surface area (TPSA) is 72.5 Å². The SMILES string of the molecule is COc1ccc(SCC(N)C(=O)O)cc1C. The van der Waals surface area contributed by atoms with Gasteiger partial charge in [-0.1, -0.05) is 0 Å². The first-order valence-electron chi connectivity index (χ1n) is 4.80. The summed E-state index contributed by atoms with van der Waals surface area (Å²) in [5, 5.41) is 8.64. The van der Waals surface area contributed by atoms with Gasteiger partial charge in [-0.05, 0) is 30.7 Å². The molecule has 0 aliphatic heterocycles. The summed E-state index contributed by atoms with van der Waals surface area (Å²) in [5.41, 5.74) is 6.44. The number of ether oxygens (including phenoxy) is 1. The van der Waals surface area contributed by atoms with E-state index in [-0.39, 0.29) is 0 Å². The van der Waals surface area contributed by atoms with Crippen LogP contribution in [0.5, 0.6) is 5.75 Å². The molecule has 0 saturated heterocycles. The Morgan fingerprint density at radius 3 is 2.81 bits per heavy atom. The van der Waals surface area contributed by atoms with E-state index in [0.717, 1.165) is 16.2 Å². The minimum absolute atomic E-state index is 0.362. The molecule has 0 bridgehead atoms. The van der Waals surface area contributed by atoms with Crippen LogP contribution >= 0.6 is 11.8 Å². The number of aliphatic carboxylic acids is 1. The van der Waals surface area contributed by atoms with Gasteiger partial charge < -0.3 is 15.6 Å². The monoisotopic (exact) mass is 241 g/mol. The number of carboxylic acid groups (broad SMARTS) is 1. The van der Waals surface area contributed by atoms with Crippen molar-refractivity contribution in [3.63, 3.8) is 0 Å². The second-order valence-electron chi connectivity index (χ2n) is 3.39. The largest absolute Gasteiger partial charge is 0.496 e. The van der Waals surface area contributed by atoms with Crippen LogP contribution in [0.1, 0.15) is 5.56 Å². The predicted octanol–water partition coefficient (Wildman–Crippen LogP) is 1.51. The summed E-state index contributed by atoms with van der Waals surface area (Å²) in [6.07, 6.45) is 0. The molecule has 1 rings (SSSR count). The lowest BCUT2D eigenvalue weighted by Gasteiger charge is -2.08. The van der Waals surface area contributed by atoms with Crippen molar-refractivity contribution >= 4 is 17.7 Å². The number of thioether (sulfide) groups is 1. The molecule has 0 fully saturated rings. The molecular weight excluding hydrogens is 226 g/mol. The van der Waals surface area contributed by atoms with Crippen LogP contribution in [0.15, 0.2) is 23.1 Å². The number of carbonyl (C=O) groups is 1. The number of carboxylic acids is 1. The molecule has 0 spiro atoms. The summed E-state index contributed by atoms with van der Waals surface area (Å²) < 4.78 is 5.14. The van der Waals surface area contributed by atoms with Crippen LogP contribution in [-0.2, 0) is 4.79 Å². The van der Waals surface area contributed by atoms with Gasteiger partial charge in [-0.15, -0.1) is 11.8 Å². The Morgan fingerprint density at radius 1 is 1.62 bits per heavy atom. The van der Waals surface area contributed by atoms with Gasteiger partial charge in [-0.3, -0.25) is 4.79 Å². The van der Waals surface area contributed by atoms with Gasteiger partial charge in [0.1, 0.15) is 11.8 Å². The number of benzene rings is 1. The van der Waals surface area contributed by atoms with Gasteiger partial charge in [-0.25, -0.2) is 0 Å². The van der Waals surface area contributed by atoms with Crippen molar-refractivity contribution < 1.29 is 14.6 Å². The van der Waals surface area contributed by atoms with E-state index in [2.05, 4.69) is 0 Å². The van der Waals surface area contributed by atoms with E-state index in [0.29, 0.717) is 5.75 Å². The number of nitrogens with two attached hydrogens (primary N) is 1. The summed E-state index contributed by atoms with van der Waals surface area (Å²) in [6.45, 7) is 1.94. The van der Waals surface area contributed by atoms with Gasteiger partial charge >= 0.3 is 5.97 Å². The fourth-order valence-corrected chi connectivity index (χ4v) is 2.14. The molecule has 88 valence electrons. The van der Waals surface area contributed by atoms with Gasteiger partial charge in [0.05, 0.1) is 7.11 Å². The molecule has 3 N–H and O–H groups in total. The van der Waals surface area contributed by atoms with E-state index in [4.69, 9.17) is 15.6 Å². The van der Waals surface area contributed by atoms with E-state index in [1.165, 1.54) is 11.8 Å². The number of hydrogen-bond donors (Lipinski definition) is 2. The summed E-state index contributed by atoms with van der Waals surface area (Å²) in [6, 6.07) is 4.89. The lowest BCUT2D eigenvalue weighted by atomic mass is 10.2. The van der Waals surface area contributed by atoms with Crippen LogP contribution in [0.2, 0.25) is 0 Å². The highest BCUT2D eigenvalue weighted by Crippen LogP contribution is 2.25. The first-order chi connectivity index (χ1) is 7.54. The molecule has 1 unspecified atom stereocenters. The van der Waals surface area contributed by atoms with Gasteiger partial charge in [0.25, 0.3) is 0 Å². The smallest absolute Gasteiger partial charge is 0.321 e. The van der Waals surface area contributed by atoms with Crippen LogP contribution in [0, 0.1) is 6.92 Å².